The summed E-state index contributed by atoms with van der Waals surface area (Å²) in [5.74, 6) is -0.0628. The molecule has 1 fully saturated rings. The molecule has 3 rings (SSSR count). The molecule has 1 N–H and O–H groups in total. The molecule has 0 spiro atoms. The van der Waals surface area contributed by atoms with Gasteiger partial charge in [-0.05, 0) is 51.3 Å². The number of hydrogen-bond donors (Lipinski definition) is 1. The smallest absolute Gasteiger partial charge is 0.338 e. The highest BCUT2D eigenvalue weighted by Crippen LogP contribution is 2.31. The predicted octanol–water partition coefficient (Wildman–Crippen LogP) is 3.07. The summed E-state index contributed by atoms with van der Waals surface area (Å²) in [4.78, 5) is 39.2. The molecule has 2 aliphatic heterocycles. The lowest BCUT2D eigenvalue weighted by molar-refractivity contribution is -0.140. The zero-order valence-electron chi connectivity index (χ0n) is 15.1. The largest absolute Gasteiger partial charge is 0.452 e. The molecule has 0 aromatic heterocycles. The second-order valence-corrected chi connectivity index (χ2v) is 8.00. The number of hydrogen-bond acceptors (Lipinski definition) is 5. The van der Waals surface area contributed by atoms with Crippen molar-refractivity contribution in [3.05, 3.63) is 23.8 Å². The van der Waals surface area contributed by atoms with Gasteiger partial charge in [0.25, 0.3) is 5.91 Å². The van der Waals surface area contributed by atoms with E-state index in [0.717, 1.165) is 24.2 Å². The molecule has 0 aliphatic carbocycles. The van der Waals surface area contributed by atoms with E-state index in [9.17, 15) is 14.4 Å². The molecule has 2 aliphatic rings. The van der Waals surface area contributed by atoms with Crippen LogP contribution in [0, 0.1) is 0 Å². The Kier molecular flexibility index (Phi) is 5.86. The van der Waals surface area contributed by atoms with E-state index < -0.39 is 5.97 Å². The van der Waals surface area contributed by atoms with Crippen LogP contribution in [0.2, 0.25) is 0 Å². The number of nitrogens with zero attached hydrogens (tertiary/aromatic N) is 1. The Labute approximate surface area is 157 Å². The lowest BCUT2D eigenvalue weighted by Crippen LogP contribution is -2.49. The maximum atomic E-state index is 12.5. The molecule has 2 amide bonds. The molecule has 2 atom stereocenters. The monoisotopic (exact) mass is 376 g/mol. The van der Waals surface area contributed by atoms with Gasteiger partial charge in [-0.2, -0.15) is 0 Å². The van der Waals surface area contributed by atoms with Crippen LogP contribution in [0.1, 0.15) is 49.9 Å². The van der Waals surface area contributed by atoms with E-state index in [1.54, 1.807) is 30.0 Å². The summed E-state index contributed by atoms with van der Waals surface area (Å²) in [6.07, 6.45) is 3.52. The number of benzene rings is 1. The van der Waals surface area contributed by atoms with Crippen LogP contribution in [0.15, 0.2) is 23.1 Å². The molecular formula is C19H24N2O4S. The quantitative estimate of drug-likeness (QED) is 0.821. The summed E-state index contributed by atoms with van der Waals surface area (Å²) >= 11 is 1.57. The summed E-state index contributed by atoms with van der Waals surface area (Å²) in [7, 11) is 0. The number of rotatable bonds is 3. The average molecular weight is 376 g/mol. The van der Waals surface area contributed by atoms with Crippen molar-refractivity contribution in [1.82, 2.24) is 4.90 Å². The highest BCUT2D eigenvalue weighted by atomic mass is 32.2. The molecule has 0 saturated carbocycles. The summed E-state index contributed by atoms with van der Waals surface area (Å²) in [6.45, 7) is 3.80. The molecule has 1 aromatic rings. The van der Waals surface area contributed by atoms with E-state index in [0.29, 0.717) is 23.4 Å². The molecule has 6 nitrogen and oxygen atoms in total. The number of nitrogens with one attached hydrogen (secondary N) is 1. The van der Waals surface area contributed by atoms with Gasteiger partial charge in [0.1, 0.15) is 0 Å². The number of anilines is 1. The third-order valence-electron chi connectivity index (χ3n) is 4.88. The summed E-state index contributed by atoms with van der Waals surface area (Å²) in [5, 5.41) is 2.80. The van der Waals surface area contributed by atoms with Crippen LogP contribution in [-0.2, 0) is 14.3 Å². The predicted molar refractivity (Wildman–Crippen MR) is 100 cm³/mol. The first-order valence-corrected chi connectivity index (χ1v) is 9.99. The zero-order chi connectivity index (χ0) is 18.7. The Morgan fingerprint density at radius 2 is 2.00 bits per heavy atom. The minimum atomic E-state index is -0.554. The van der Waals surface area contributed by atoms with Crippen LogP contribution in [0.3, 0.4) is 0 Å². The standard InChI is InChI=1S/C19H24N2O4S/c1-12-4-3-5-13(2)21(12)18(23)11-25-19(24)14-6-7-16-15(10-14)20-17(22)8-9-26-16/h6-7,10,12-13H,3-5,8-9,11H2,1-2H3,(H,20,22)/t12-,13+. The Morgan fingerprint density at radius 3 is 2.73 bits per heavy atom. The van der Waals surface area contributed by atoms with Gasteiger partial charge in [0.15, 0.2) is 6.61 Å². The van der Waals surface area contributed by atoms with Crippen molar-refractivity contribution in [2.75, 3.05) is 17.7 Å². The molecule has 0 unspecified atom stereocenters. The van der Waals surface area contributed by atoms with Crippen molar-refractivity contribution >= 4 is 35.2 Å². The number of likely N-dealkylation sites (tertiary alicyclic amines) is 1. The van der Waals surface area contributed by atoms with Gasteiger partial charge in [-0.3, -0.25) is 9.59 Å². The average Bonchev–Trinajstić information content (AvgIpc) is 2.79. The van der Waals surface area contributed by atoms with Crippen molar-refractivity contribution in [3.8, 4) is 0 Å². The number of amides is 2. The Bertz CT molecular complexity index is 711. The van der Waals surface area contributed by atoms with Crippen molar-refractivity contribution in [3.63, 3.8) is 0 Å². The van der Waals surface area contributed by atoms with Gasteiger partial charge in [-0.1, -0.05) is 0 Å². The van der Waals surface area contributed by atoms with Crippen LogP contribution >= 0.6 is 11.8 Å². The number of piperidine rings is 1. The van der Waals surface area contributed by atoms with Crippen molar-refractivity contribution in [2.45, 2.75) is 56.5 Å². The maximum absolute atomic E-state index is 12.5. The van der Waals surface area contributed by atoms with Crippen molar-refractivity contribution in [2.24, 2.45) is 0 Å². The van der Waals surface area contributed by atoms with Gasteiger partial charge in [0.2, 0.25) is 5.91 Å². The summed E-state index contributed by atoms with van der Waals surface area (Å²) in [5.41, 5.74) is 0.954. The van der Waals surface area contributed by atoms with Gasteiger partial charge in [-0.25, -0.2) is 4.79 Å². The molecule has 2 heterocycles. The molecule has 1 aromatic carbocycles. The third-order valence-corrected chi connectivity index (χ3v) is 5.96. The fraction of sp³-hybridized carbons (Fsp3) is 0.526. The lowest BCUT2D eigenvalue weighted by atomic mass is 9.97. The third kappa shape index (κ3) is 4.20. The van der Waals surface area contributed by atoms with Crippen molar-refractivity contribution in [1.29, 1.82) is 0 Å². The molecule has 26 heavy (non-hydrogen) atoms. The first-order valence-electron chi connectivity index (χ1n) is 9.00. The van der Waals surface area contributed by atoms with Gasteiger partial charge >= 0.3 is 5.97 Å². The number of fused-ring (bicyclic) bond motifs is 1. The van der Waals surface area contributed by atoms with E-state index in [1.165, 1.54) is 0 Å². The Balaban J connectivity index is 1.63. The maximum Gasteiger partial charge on any atom is 0.338 e. The lowest BCUT2D eigenvalue weighted by Gasteiger charge is -2.38. The summed E-state index contributed by atoms with van der Waals surface area (Å²) < 4.78 is 5.24. The number of ether oxygens (including phenoxy) is 1. The first-order chi connectivity index (χ1) is 12.5. The highest BCUT2D eigenvalue weighted by molar-refractivity contribution is 7.99. The normalized spacial score (nSPS) is 22.8. The second kappa shape index (κ2) is 8.12. The molecule has 1 saturated heterocycles. The number of carbonyl (C=O) groups excluding carboxylic acids is 3. The highest BCUT2D eigenvalue weighted by Gasteiger charge is 2.29. The molecule has 7 heteroatoms. The van der Waals surface area contributed by atoms with E-state index >= 15 is 0 Å². The van der Waals surface area contributed by atoms with Crippen LogP contribution < -0.4 is 5.32 Å². The van der Waals surface area contributed by atoms with Crippen LogP contribution in [0.25, 0.3) is 0 Å². The van der Waals surface area contributed by atoms with E-state index in [-0.39, 0.29) is 30.5 Å². The van der Waals surface area contributed by atoms with Crippen LogP contribution in [0.4, 0.5) is 5.69 Å². The fourth-order valence-electron chi connectivity index (χ4n) is 3.54. The van der Waals surface area contributed by atoms with Gasteiger partial charge < -0.3 is 15.0 Å². The van der Waals surface area contributed by atoms with Gasteiger partial charge in [0.05, 0.1) is 11.3 Å². The molecule has 140 valence electrons. The SMILES string of the molecule is C[C@@H]1CCC[C@H](C)N1C(=O)COC(=O)c1ccc2c(c1)NC(=O)CCS2. The van der Waals surface area contributed by atoms with Crippen LogP contribution in [0.5, 0.6) is 0 Å². The molecule has 0 radical (unpaired) electrons. The van der Waals surface area contributed by atoms with E-state index in [4.69, 9.17) is 4.74 Å². The van der Waals surface area contributed by atoms with Gasteiger partial charge in [-0.15, -0.1) is 11.8 Å². The number of carbonyl (C=O) groups is 3. The molecular weight excluding hydrogens is 352 g/mol. The first kappa shape index (κ1) is 18.8. The fourth-order valence-corrected chi connectivity index (χ4v) is 4.48. The number of esters is 1. The van der Waals surface area contributed by atoms with E-state index in [1.807, 2.05) is 18.7 Å². The molecule has 0 bridgehead atoms. The second-order valence-electron chi connectivity index (χ2n) is 6.86. The number of thioether (sulfide) groups is 1. The van der Waals surface area contributed by atoms with Gasteiger partial charge in [0, 0.05) is 29.2 Å². The minimum Gasteiger partial charge on any atom is -0.452 e. The zero-order valence-corrected chi connectivity index (χ0v) is 15.9. The van der Waals surface area contributed by atoms with E-state index in [2.05, 4.69) is 5.32 Å². The minimum absolute atomic E-state index is 0.0648. The summed E-state index contributed by atoms with van der Waals surface area (Å²) in [6, 6.07) is 5.43. The Morgan fingerprint density at radius 1 is 1.27 bits per heavy atom. The topological polar surface area (TPSA) is 75.7 Å². The Hall–Kier alpha value is -2.02. The van der Waals surface area contributed by atoms with Crippen molar-refractivity contribution < 1.29 is 19.1 Å². The van der Waals surface area contributed by atoms with Crippen LogP contribution in [-0.4, -0.2) is 47.1 Å².